The topological polar surface area (TPSA) is 82.4 Å². The molecular formula is C18H13N3O3. The Morgan fingerprint density at radius 2 is 1.92 bits per heavy atom. The van der Waals surface area contributed by atoms with Crippen LogP contribution in [-0.2, 0) is 9.59 Å². The molecule has 1 fully saturated rings. The number of anilines is 1. The molecule has 0 aromatic heterocycles. The molecule has 118 valence electrons. The average Bonchev–Trinajstić information content (AvgIpc) is 2.89. The molecule has 1 heterocycles. The van der Waals surface area contributed by atoms with Gasteiger partial charge in [0.15, 0.2) is 6.61 Å². The highest BCUT2D eigenvalue weighted by atomic mass is 16.5. The van der Waals surface area contributed by atoms with Crippen molar-refractivity contribution in [3.63, 3.8) is 0 Å². The van der Waals surface area contributed by atoms with Crippen LogP contribution in [0.4, 0.5) is 5.69 Å². The van der Waals surface area contributed by atoms with E-state index >= 15 is 0 Å². The van der Waals surface area contributed by atoms with Gasteiger partial charge in [-0.25, -0.2) is 5.01 Å². The maximum Gasteiger partial charge on any atom is 0.282 e. The van der Waals surface area contributed by atoms with Gasteiger partial charge in [0.2, 0.25) is 0 Å². The quantitative estimate of drug-likeness (QED) is 0.690. The third-order valence-electron chi connectivity index (χ3n) is 3.38. The first kappa shape index (κ1) is 15.3. The Labute approximate surface area is 138 Å². The maximum absolute atomic E-state index is 12.5. The minimum atomic E-state index is -0.466. The third-order valence-corrected chi connectivity index (χ3v) is 3.38. The number of carbonyl (C=O) groups is 2. The number of rotatable bonds is 4. The Morgan fingerprint density at radius 1 is 1.12 bits per heavy atom. The van der Waals surface area contributed by atoms with Gasteiger partial charge in [-0.2, -0.15) is 5.26 Å². The molecule has 3 rings (SSSR count). The number of hydrazine groups is 1. The number of carbonyl (C=O) groups excluding carboxylic acids is 2. The average molecular weight is 319 g/mol. The number of amides is 2. The Hall–Kier alpha value is -3.59. The second-order valence-corrected chi connectivity index (χ2v) is 4.99. The van der Waals surface area contributed by atoms with E-state index in [0.717, 1.165) is 0 Å². The molecule has 1 N–H and O–H groups in total. The zero-order chi connectivity index (χ0) is 16.9. The lowest BCUT2D eigenvalue weighted by Gasteiger charge is -2.13. The Kier molecular flexibility index (Phi) is 4.25. The molecule has 1 aliphatic rings. The number of hydrogen-bond acceptors (Lipinski definition) is 4. The minimum Gasteiger partial charge on any atom is -0.479 e. The van der Waals surface area contributed by atoms with Crippen molar-refractivity contribution in [1.29, 1.82) is 5.26 Å². The van der Waals surface area contributed by atoms with Gasteiger partial charge in [-0.3, -0.25) is 15.0 Å². The van der Waals surface area contributed by atoms with Crippen molar-refractivity contribution in [2.24, 2.45) is 0 Å². The molecule has 1 aliphatic heterocycles. The molecule has 6 heteroatoms. The van der Waals surface area contributed by atoms with Crippen molar-refractivity contribution in [2.45, 2.75) is 0 Å². The zero-order valence-corrected chi connectivity index (χ0v) is 12.6. The van der Waals surface area contributed by atoms with Crippen LogP contribution in [0, 0.1) is 11.3 Å². The van der Waals surface area contributed by atoms with Crippen molar-refractivity contribution in [1.82, 2.24) is 5.43 Å². The van der Waals surface area contributed by atoms with E-state index in [1.807, 2.05) is 12.1 Å². The second-order valence-electron chi connectivity index (χ2n) is 4.99. The van der Waals surface area contributed by atoms with Gasteiger partial charge in [-0.05, 0) is 35.9 Å². The highest BCUT2D eigenvalue weighted by Gasteiger charge is 2.34. The van der Waals surface area contributed by atoms with Gasteiger partial charge in [-0.1, -0.05) is 30.3 Å². The number of nitrogens with zero attached hydrogens (tertiary/aromatic N) is 2. The molecule has 2 aromatic rings. The number of benzene rings is 2. The largest absolute Gasteiger partial charge is 0.479 e. The maximum atomic E-state index is 12.5. The van der Waals surface area contributed by atoms with Crippen LogP contribution in [0.5, 0.6) is 5.75 Å². The zero-order valence-electron chi connectivity index (χ0n) is 12.6. The van der Waals surface area contributed by atoms with Crippen LogP contribution in [0.2, 0.25) is 0 Å². The Bertz CT molecular complexity index is 853. The van der Waals surface area contributed by atoms with Gasteiger partial charge < -0.3 is 4.74 Å². The van der Waals surface area contributed by atoms with Crippen LogP contribution < -0.4 is 15.2 Å². The van der Waals surface area contributed by atoms with Gasteiger partial charge in [0, 0.05) is 0 Å². The fourth-order valence-electron chi connectivity index (χ4n) is 2.29. The van der Waals surface area contributed by atoms with Crippen LogP contribution in [0.3, 0.4) is 0 Å². The van der Waals surface area contributed by atoms with Gasteiger partial charge in [-0.15, -0.1) is 0 Å². The lowest BCUT2D eigenvalue weighted by molar-refractivity contribution is -0.117. The highest BCUT2D eigenvalue weighted by molar-refractivity contribution is 6.31. The van der Waals surface area contributed by atoms with Gasteiger partial charge in [0.05, 0.1) is 5.69 Å². The molecule has 1 saturated heterocycles. The molecule has 0 bridgehead atoms. The molecule has 0 radical (unpaired) electrons. The summed E-state index contributed by atoms with van der Waals surface area (Å²) >= 11 is 0. The molecule has 0 saturated carbocycles. The lowest BCUT2D eigenvalue weighted by atomic mass is 10.1. The third kappa shape index (κ3) is 3.10. The van der Waals surface area contributed by atoms with Crippen LogP contribution in [0.1, 0.15) is 5.56 Å². The molecule has 0 atom stereocenters. The first-order chi connectivity index (χ1) is 11.7. The Morgan fingerprint density at radius 3 is 2.67 bits per heavy atom. The second kappa shape index (κ2) is 6.67. The highest BCUT2D eigenvalue weighted by Crippen LogP contribution is 2.22. The van der Waals surface area contributed by atoms with Crippen LogP contribution >= 0.6 is 0 Å². The lowest BCUT2D eigenvalue weighted by Crippen LogP contribution is -2.35. The van der Waals surface area contributed by atoms with Crippen molar-refractivity contribution >= 4 is 23.6 Å². The number of para-hydroxylation sites is 1. The summed E-state index contributed by atoms with van der Waals surface area (Å²) in [6.45, 7) is -0.0682. The smallest absolute Gasteiger partial charge is 0.282 e. The first-order valence-corrected chi connectivity index (χ1v) is 7.21. The summed E-state index contributed by atoms with van der Waals surface area (Å²) in [4.78, 5) is 24.6. The molecule has 2 aromatic carbocycles. The summed E-state index contributed by atoms with van der Waals surface area (Å²) in [6, 6.07) is 17.6. The van der Waals surface area contributed by atoms with Crippen molar-refractivity contribution in [2.75, 3.05) is 11.6 Å². The molecule has 0 spiro atoms. The van der Waals surface area contributed by atoms with Gasteiger partial charge in [0.1, 0.15) is 17.4 Å². The summed E-state index contributed by atoms with van der Waals surface area (Å²) < 4.78 is 5.22. The number of nitrogens with one attached hydrogen (secondary N) is 1. The summed E-state index contributed by atoms with van der Waals surface area (Å²) in [5, 5.41) is 9.76. The Balaban J connectivity index is 1.87. The van der Waals surface area contributed by atoms with E-state index in [1.54, 1.807) is 48.5 Å². The van der Waals surface area contributed by atoms with Crippen molar-refractivity contribution in [3.05, 3.63) is 65.7 Å². The minimum absolute atomic E-state index is 0.0382. The van der Waals surface area contributed by atoms with Gasteiger partial charge >= 0.3 is 0 Å². The summed E-state index contributed by atoms with van der Waals surface area (Å²) in [5.41, 5.74) is 3.81. The standard InChI is InChI=1S/C18H13N3O3/c19-9-10-24-15-8-4-5-13(11-15)12-16-17(22)20-21(18(16)23)14-6-2-1-3-7-14/h1-8,11-12H,10H2,(H,20,22). The molecule has 2 amide bonds. The normalized spacial score (nSPS) is 15.3. The predicted molar refractivity (Wildman–Crippen MR) is 87.6 cm³/mol. The molecule has 0 aliphatic carbocycles. The SMILES string of the molecule is N#CCOc1cccc(C=C2C(=O)NN(c3ccccc3)C2=O)c1. The molecule has 6 nitrogen and oxygen atoms in total. The van der Waals surface area contributed by atoms with E-state index in [2.05, 4.69) is 5.43 Å². The van der Waals surface area contributed by atoms with Crippen LogP contribution in [-0.4, -0.2) is 18.4 Å². The van der Waals surface area contributed by atoms with Crippen LogP contribution in [0.25, 0.3) is 6.08 Å². The number of ether oxygens (including phenoxy) is 1. The molecule has 0 unspecified atom stereocenters. The van der Waals surface area contributed by atoms with E-state index in [-0.39, 0.29) is 12.2 Å². The van der Waals surface area contributed by atoms with Gasteiger partial charge in [0.25, 0.3) is 11.8 Å². The summed E-state index contributed by atoms with van der Waals surface area (Å²) in [7, 11) is 0. The summed E-state index contributed by atoms with van der Waals surface area (Å²) in [6.07, 6.45) is 1.50. The van der Waals surface area contributed by atoms with E-state index in [4.69, 9.17) is 10.00 Å². The van der Waals surface area contributed by atoms with E-state index < -0.39 is 11.8 Å². The summed E-state index contributed by atoms with van der Waals surface area (Å²) in [5.74, 6) is -0.390. The molecule has 24 heavy (non-hydrogen) atoms. The fraction of sp³-hybridized carbons (Fsp3) is 0.0556. The van der Waals surface area contributed by atoms with Crippen molar-refractivity contribution in [3.8, 4) is 11.8 Å². The fourth-order valence-corrected chi connectivity index (χ4v) is 2.29. The van der Waals surface area contributed by atoms with E-state index in [0.29, 0.717) is 17.0 Å². The van der Waals surface area contributed by atoms with Crippen molar-refractivity contribution < 1.29 is 14.3 Å². The predicted octanol–water partition coefficient (Wildman–Crippen LogP) is 2.05. The van der Waals surface area contributed by atoms with E-state index in [9.17, 15) is 9.59 Å². The first-order valence-electron chi connectivity index (χ1n) is 7.21. The van der Waals surface area contributed by atoms with E-state index in [1.165, 1.54) is 11.1 Å². The molecular weight excluding hydrogens is 306 g/mol. The number of nitriles is 1. The monoisotopic (exact) mass is 319 g/mol. The number of hydrogen-bond donors (Lipinski definition) is 1. The van der Waals surface area contributed by atoms with Crippen LogP contribution in [0.15, 0.2) is 60.2 Å².